The summed E-state index contributed by atoms with van der Waals surface area (Å²) in [6, 6.07) is 3.55. The molecule has 0 bridgehead atoms. The summed E-state index contributed by atoms with van der Waals surface area (Å²) in [6.07, 6.45) is 3.87. The normalized spacial score (nSPS) is 10.7. The molecule has 0 atom stereocenters. The summed E-state index contributed by atoms with van der Waals surface area (Å²) in [5.41, 5.74) is 0.837. The predicted molar refractivity (Wildman–Crippen MR) is 59.7 cm³/mol. The molecule has 1 aromatic rings. The number of aromatic nitrogens is 1. The largest absolute Gasteiger partial charge is 0.478 e. The minimum Gasteiger partial charge on any atom is -0.478 e. The number of aliphatic hydroxyl groups excluding tert-OH is 1. The molecule has 0 saturated carbocycles. The molecule has 0 radical (unpaired) electrons. The van der Waals surface area contributed by atoms with Crippen LogP contribution >= 0.6 is 0 Å². The van der Waals surface area contributed by atoms with E-state index >= 15 is 0 Å². The molecule has 0 aliphatic rings. The van der Waals surface area contributed by atoms with Crippen LogP contribution in [0.25, 0.3) is 0 Å². The van der Waals surface area contributed by atoms with Crippen molar-refractivity contribution in [1.29, 1.82) is 0 Å². The molecule has 1 heterocycles. The zero-order chi connectivity index (χ0) is 11.1. The van der Waals surface area contributed by atoms with Crippen LogP contribution < -0.4 is 4.74 Å². The molecule has 0 amide bonds. The Labute approximate surface area is 91.1 Å². The Morgan fingerprint density at radius 3 is 2.93 bits per heavy atom. The van der Waals surface area contributed by atoms with E-state index in [9.17, 15) is 0 Å². The first-order valence-electron chi connectivity index (χ1n) is 5.41. The SMILES string of the molecule is CC(C)CCCOc1cc(CO)ccn1. The molecule has 3 nitrogen and oxygen atoms in total. The number of aliphatic hydroxyl groups is 1. The summed E-state index contributed by atoms with van der Waals surface area (Å²) >= 11 is 0. The molecule has 0 spiro atoms. The summed E-state index contributed by atoms with van der Waals surface area (Å²) in [4.78, 5) is 4.07. The van der Waals surface area contributed by atoms with Crippen LogP contribution in [0.2, 0.25) is 0 Å². The second kappa shape index (κ2) is 6.40. The molecule has 0 saturated heterocycles. The van der Waals surface area contributed by atoms with Gasteiger partial charge in [0.1, 0.15) is 0 Å². The molecule has 1 aromatic heterocycles. The van der Waals surface area contributed by atoms with E-state index in [1.165, 1.54) is 6.42 Å². The van der Waals surface area contributed by atoms with Crippen molar-refractivity contribution in [3.63, 3.8) is 0 Å². The maximum atomic E-state index is 8.92. The topological polar surface area (TPSA) is 42.4 Å². The van der Waals surface area contributed by atoms with Gasteiger partial charge in [0.15, 0.2) is 0 Å². The number of pyridine rings is 1. The third-order valence-corrected chi connectivity index (χ3v) is 2.16. The fraction of sp³-hybridized carbons (Fsp3) is 0.583. The highest BCUT2D eigenvalue weighted by molar-refractivity contribution is 5.19. The molecule has 3 heteroatoms. The number of hydrogen-bond acceptors (Lipinski definition) is 3. The van der Waals surface area contributed by atoms with Crippen molar-refractivity contribution in [2.24, 2.45) is 5.92 Å². The van der Waals surface area contributed by atoms with Crippen LogP contribution in [0.15, 0.2) is 18.3 Å². The number of hydrogen-bond donors (Lipinski definition) is 1. The van der Waals surface area contributed by atoms with Gasteiger partial charge in [0, 0.05) is 12.3 Å². The first kappa shape index (κ1) is 12.0. The Morgan fingerprint density at radius 1 is 1.47 bits per heavy atom. The van der Waals surface area contributed by atoms with Gasteiger partial charge in [-0.15, -0.1) is 0 Å². The summed E-state index contributed by atoms with van der Waals surface area (Å²) in [6.45, 7) is 5.13. The summed E-state index contributed by atoms with van der Waals surface area (Å²) in [5.74, 6) is 1.32. The smallest absolute Gasteiger partial charge is 0.213 e. The number of rotatable bonds is 6. The van der Waals surface area contributed by atoms with Crippen LogP contribution in [0.5, 0.6) is 5.88 Å². The second-order valence-electron chi connectivity index (χ2n) is 4.04. The lowest BCUT2D eigenvalue weighted by atomic mass is 10.1. The fourth-order valence-corrected chi connectivity index (χ4v) is 1.30. The average molecular weight is 209 g/mol. The van der Waals surface area contributed by atoms with Gasteiger partial charge < -0.3 is 9.84 Å². The zero-order valence-electron chi connectivity index (χ0n) is 9.44. The minimum atomic E-state index is 0.0326. The Bertz CT molecular complexity index is 287. The lowest BCUT2D eigenvalue weighted by Crippen LogP contribution is -2.01. The van der Waals surface area contributed by atoms with Crippen LogP contribution in [0.4, 0.5) is 0 Å². The van der Waals surface area contributed by atoms with Crippen LogP contribution in [-0.4, -0.2) is 16.7 Å². The van der Waals surface area contributed by atoms with Crippen LogP contribution in [0.3, 0.4) is 0 Å². The van der Waals surface area contributed by atoms with Crippen molar-refractivity contribution in [3.05, 3.63) is 23.9 Å². The number of ether oxygens (including phenoxy) is 1. The van der Waals surface area contributed by atoms with Gasteiger partial charge in [-0.05, 0) is 30.4 Å². The predicted octanol–water partition coefficient (Wildman–Crippen LogP) is 2.39. The van der Waals surface area contributed by atoms with Gasteiger partial charge in [-0.3, -0.25) is 0 Å². The van der Waals surface area contributed by atoms with Crippen molar-refractivity contribution >= 4 is 0 Å². The third-order valence-electron chi connectivity index (χ3n) is 2.16. The highest BCUT2D eigenvalue weighted by atomic mass is 16.5. The maximum absolute atomic E-state index is 8.92. The standard InChI is InChI=1S/C12H19NO2/c1-10(2)4-3-7-15-12-8-11(9-14)5-6-13-12/h5-6,8,10,14H,3-4,7,9H2,1-2H3. The Balaban J connectivity index is 2.30. The first-order valence-corrected chi connectivity index (χ1v) is 5.41. The van der Waals surface area contributed by atoms with Crippen molar-refractivity contribution in [2.45, 2.75) is 33.3 Å². The lowest BCUT2D eigenvalue weighted by molar-refractivity contribution is 0.273. The van der Waals surface area contributed by atoms with E-state index in [1.807, 2.05) is 0 Å². The zero-order valence-corrected chi connectivity index (χ0v) is 9.44. The van der Waals surface area contributed by atoms with E-state index < -0.39 is 0 Å². The fourth-order valence-electron chi connectivity index (χ4n) is 1.30. The highest BCUT2D eigenvalue weighted by Gasteiger charge is 1.98. The van der Waals surface area contributed by atoms with Gasteiger partial charge in [-0.2, -0.15) is 0 Å². The van der Waals surface area contributed by atoms with Gasteiger partial charge in [0.05, 0.1) is 13.2 Å². The van der Waals surface area contributed by atoms with E-state index in [1.54, 1.807) is 18.3 Å². The monoisotopic (exact) mass is 209 g/mol. The average Bonchev–Trinajstić information content (AvgIpc) is 2.24. The van der Waals surface area contributed by atoms with E-state index in [-0.39, 0.29) is 6.61 Å². The lowest BCUT2D eigenvalue weighted by Gasteiger charge is -2.07. The molecule has 0 fully saturated rings. The Kier molecular flexibility index (Phi) is 5.12. The third kappa shape index (κ3) is 4.79. The summed E-state index contributed by atoms with van der Waals surface area (Å²) < 4.78 is 5.48. The van der Waals surface area contributed by atoms with Gasteiger partial charge in [0.25, 0.3) is 0 Å². The van der Waals surface area contributed by atoms with E-state index in [0.29, 0.717) is 18.4 Å². The molecule has 0 unspecified atom stereocenters. The molecular weight excluding hydrogens is 190 g/mol. The quantitative estimate of drug-likeness (QED) is 0.731. The maximum Gasteiger partial charge on any atom is 0.213 e. The molecule has 1 N–H and O–H groups in total. The molecule has 84 valence electrons. The van der Waals surface area contributed by atoms with Crippen molar-refractivity contribution < 1.29 is 9.84 Å². The summed E-state index contributed by atoms with van der Waals surface area (Å²) in [5, 5.41) is 8.92. The van der Waals surface area contributed by atoms with Gasteiger partial charge in [0.2, 0.25) is 5.88 Å². The molecule has 0 aliphatic heterocycles. The van der Waals surface area contributed by atoms with Gasteiger partial charge in [-0.25, -0.2) is 4.98 Å². The second-order valence-corrected chi connectivity index (χ2v) is 4.04. The molecular formula is C12H19NO2. The van der Waals surface area contributed by atoms with Crippen LogP contribution in [0, 0.1) is 5.92 Å². The van der Waals surface area contributed by atoms with Crippen molar-refractivity contribution in [2.75, 3.05) is 6.61 Å². The minimum absolute atomic E-state index is 0.0326. The van der Waals surface area contributed by atoms with Crippen LogP contribution in [-0.2, 0) is 6.61 Å². The van der Waals surface area contributed by atoms with Crippen LogP contribution in [0.1, 0.15) is 32.3 Å². The van der Waals surface area contributed by atoms with E-state index in [2.05, 4.69) is 18.8 Å². The summed E-state index contributed by atoms with van der Waals surface area (Å²) in [7, 11) is 0. The Hall–Kier alpha value is -1.09. The van der Waals surface area contributed by atoms with E-state index in [0.717, 1.165) is 12.0 Å². The van der Waals surface area contributed by atoms with Gasteiger partial charge in [-0.1, -0.05) is 13.8 Å². The molecule has 0 aromatic carbocycles. The molecule has 15 heavy (non-hydrogen) atoms. The van der Waals surface area contributed by atoms with Crippen molar-refractivity contribution in [3.8, 4) is 5.88 Å². The molecule has 0 aliphatic carbocycles. The number of nitrogens with zero attached hydrogens (tertiary/aromatic N) is 1. The Morgan fingerprint density at radius 2 is 2.27 bits per heavy atom. The highest BCUT2D eigenvalue weighted by Crippen LogP contribution is 2.10. The van der Waals surface area contributed by atoms with Crippen molar-refractivity contribution in [1.82, 2.24) is 4.98 Å². The first-order chi connectivity index (χ1) is 7.22. The van der Waals surface area contributed by atoms with E-state index in [4.69, 9.17) is 9.84 Å². The molecule has 1 rings (SSSR count). The van der Waals surface area contributed by atoms with Gasteiger partial charge >= 0.3 is 0 Å².